The summed E-state index contributed by atoms with van der Waals surface area (Å²) in [6, 6.07) is 10.3. The van der Waals surface area contributed by atoms with Gasteiger partial charge >= 0.3 is 0 Å². The van der Waals surface area contributed by atoms with Crippen LogP contribution in [-0.2, 0) is 10.2 Å². The predicted octanol–water partition coefficient (Wildman–Crippen LogP) is 4.17. The lowest BCUT2D eigenvalue weighted by atomic mass is 9.63. The Bertz CT molecular complexity index is 516. The van der Waals surface area contributed by atoms with Crippen LogP contribution in [0.1, 0.15) is 46.1 Å². The molecule has 1 heterocycles. The van der Waals surface area contributed by atoms with Crippen LogP contribution in [0.15, 0.2) is 42.6 Å². The second kappa shape index (κ2) is 5.67. The van der Waals surface area contributed by atoms with Crippen molar-refractivity contribution < 1.29 is 4.79 Å². The van der Waals surface area contributed by atoms with Gasteiger partial charge in [-0.1, -0.05) is 57.7 Å². The smallest absolute Gasteiger partial charge is 0.148 e. The molecule has 2 heteroatoms. The van der Waals surface area contributed by atoms with Crippen LogP contribution in [0.3, 0.4) is 0 Å². The Morgan fingerprint density at radius 2 is 1.67 bits per heavy atom. The van der Waals surface area contributed by atoms with Crippen molar-refractivity contribution in [2.24, 2.45) is 5.41 Å². The molecule has 1 fully saturated rings. The first-order valence-electron chi connectivity index (χ1n) is 7.78. The molecule has 0 aromatic heterocycles. The van der Waals surface area contributed by atoms with E-state index in [4.69, 9.17) is 0 Å². The van der Waals surface area contributed by atoms with Gasteiger partial charge in [-0.3, -0.25) is 4.79 Å². The van der Waals surface area contributed by atoms with Crippen LogP contribution in [0.2, 0.25) is 0 Å². The second-order valence-corrected chi connectivity index (χ2v) is 7.25. The van der Waals surface area contributed by atoms with Gasteiger partial charge in [0.25, 0.3) is 0 Å². The molecule has 1 aliphatic heterocycles. The van der Waals surface area contributed by atoms with Gasteiger partial charge in [0.2, 0.25) is 0 Å². The maximum absolute atomic E-state index is 13.2. The lowest BCUT2D eigenvalue weighted by Gasteiger charge is -2.44. The van der Waals surface area contributed by atoms with Gasteiger partial charge in [0.05, 0.1) is 5.41 Å². The Hall–Kier alpha value is -1.57. The molecule has 2 rings (SSSR count). The third-order valence-corrected chi connectivity index (χ3v) is 4.60. The maximum atomic E-state index is 13.2. The summed E-state index contributed by atoms with van der Waals surface area (Å²) >= 11 is 0. The Labute approximate surface area is 128 Å². The van der Waals surface area contributed by atoms with E-state index in [1.807, 2.05) is 45.9 Å². The molecule has 114 valence electrons. The number of hydrogen-bond acceptors (Lipinski definition) is 2. The van der Waals surface area contributed by atoms with E-state index in [1.54, 1.807) is 0 Å². The number of likely N-dealkylation sites (tertiary alicyclic amines) is 1. The van der Waals surface area contributed by atoms with Gasteiger partial charge in [0, 0.05) is 24.2 Å². The van der Waals surface area contributed by atoms with Crippen LogP contribution >= 0.6 is 0 Å². The fourth-order valence-corrected chi connectivity index (χ4v) is 3.39. The Balaban J connectivity index is 2.38. The summed E-state index contributed by atoms with van der Waals surface area (Å²) in [6.45, 7) is 14.0. The zero-order valence-corrected chi connectivity index (χ0v) is 13.8. The highest BCUT2D eigenvalue weighted by Gasteiger charge is 2.46. The standard InChI is InChI=1S/C19H27NO/c1-15(2)20-13-11-19(12-14-20,17(21)18(3,4)5)16-9-7-6-8-10-16/h6-10H,1,11-14H2,2-5H3. The van der Waals surface area contributed by atoms with Crippen LogP contribution in [0, 0.1) is 5.41 Å². The highest BCUT2D eigenvalue weighted by atomic mass is 16.1. The summed E-state index contributed by atoms with van der Waals surface area (Å²) in [5, 5.41) is 0. The molecule has 0 unspecified atom stereocenters. The quantitative estimate of drug-likeness (QED) is 0.831. The van der Waals surface area contributed by atoms with Crippen LogP contribution in [-0.4, -0.2) is 23.8 Å². The number of ketones is 1. The number of benzene rings is 1. The number of carbonyl (C=O) groups is 1. The minimum atomic E-state index is -0.342. The number of carbonyl (C=O) groups excluding carboxylic acids is 1. The minimum Gasteiger partial charge on any atom is -0.375 e. The summed E-state index contributed by atoms with van der Waals surface area (Å²) < 4.78 is 0. The van der Waals surface area contributed by atoms with Crippen molar-refractivity contribution in [3.05, 3.63) is 48.2 Å². The van der Waals surface area contributed by atoms with E-state index in [0.717, 1.165) is 31.6 Å². The Morgan fingerprint density at radius 1 is 1.14 bits per heavy atom. The SMILES string of the molecule is C=C(C)N1CCC(C(=O)C(C)(C)C)(c2ccccc2)CC1. The highest BCUT2D eigenvalue weighted by Crippen LogP contribution is 2.41. The number of rotatable bonds is 3. The Kier molecular flexibility index (Phi) is 4.27. The summed E-state index contributed by atoms with van der Waals surface area (Å²) in [7, 11) is 0. The molecule has 0 spiro atoms. The van der Waals surface area contributed by atoms with E-state index >= 15 is 0 Å². The third kappa shape index (κ3) is 3.04. The summed E-state index contributed by atoms with van der Waals surface area (Å²) in [5.74, 6) is 0.363. The molecule has 0 atom stereocenters. The van der Waals surface area contributed by atoms with E-state index in [2.05, 4.69) is 23.6 Å². The average molecular weight is 285 g/mol. The number of Topliss-reactive ketones (excluding diaryl/α,β-unsaturated/α-hetero) is 1. The summed E-state index contributed by atoms with van der Waals surface area (Å²) in [6.07, 6.45) is 1.75. The van der Waals surface area contributed by atoms with Crippen molar-refractivity contribution in [2.45, 2.75) is 46.0 Å². The van der Waals surface area contributed by atoms with Crippen LogP contribution in [0.5, 0.6) is 0 Å². The minimum absolute atomic E-state index is 0.318. The topological polar surface area (TPSA) is 20.3 Å². The van der Waals surface area contributed by atoms with Gasteiger partial charge in [-0.05, 0) is 25.3 Å². The van der Waals surface area contributed by atoms with E-state index in [0.29, 0.717) is 5.78 Å². The van der Waals surface area contributed by atoms with Crippen molar-refractivity contribution in [1.82, 2.24) is 4.90 Å². The normalized spacial score (nSPS) is 18.4. The molecule has 0 radical (unpaired) electrons. The molecular formula is C19H27NO. The van der Waals surface area contributed by atoms with E-state index in [-0.39, 0.29) is 10.8 Å². The van der Waals surface area contributed by atoms with Gasteiger partial charge in [0.1, 0.15) is 5.78 Å². The van der Waals surface area contributed by atoms with Gasteiger partial charge in [-0.25, -0.2) is 0 Å². The van der Waals surface area contributed by atoms with E-state index < -0.39 is 0 Å². The van der Waals surface area contributed by atoms with Gasteiger partial charge in [0.15, 0.2) is 0 Å². The predicted molar refractivity (Wildman–Crippen MR) is 88.2 cm³/mol. The second-order valence-electron chi connectivity index (χ2n) is 7.25. The van der Waals surface area contributed by atoms with Crippen molar-refractivity contribution in [2.75, 3.05) is 13.1 Å². The largest absolute Gasteiger partial charge is 0.375 e. The first kappa shape index (κ1) is 15.8. The fraction of sp³-hybridized carbons (Fsp3) is 0.526. The van der Waals surface area contributed by atoms with Gasteiger partial charge in [-0.2, -0.15) is 0 Å². The first-order valence-corrected chi connectivity index (χ1v) is 7.78. The summed E-state index contributed by atoms with van der Waals surface area (Å²) in [4.78, 5) is 15.5. The van der Waals surface area contributed by atoms with Crippen LogP contribution in [0.4, 0.5) is 0 Å². The molecule has 1 aromatic carbocycles. The first-order chi connectivity index (χ1) is 9.77. The number of hydrogen-bond donors (Lipinski definition) is 0. The van der Waals surface area contributed by atoms with E-state index in [1.165, 1.54) is 5.56 Å². The maximum Gasteiger partial charge on any atom is 0.148 e. The lowest BCUT2D eigenvalue weighted by molar-refractivity contribution is -0.134. The summed E-state index contributed by atoms with van der Waals surface area (Å²) in [5.41, 5.74) is 1.61. The van der Waals surface area contributed by atoms with Crippen LogP contribution in [0.25, 0.3) is 0 Å². The molecule has 2 nitrogen and oxygen atoms in total. The zero-order valence-electron chi connectivity index (χ0n) is 13.8. The molecular weight excluding hydrogens is 258 g/mol. The van der Waals surface area contributed by atoms with Crippen molar-refractivity contribution >= 4 is 5.78 Å². The molecule has 0 saturated carbocycles. The molecule has 0 bridgehead atoms. The van der Waals surface area contributed by atoms with Crippen LogP contribution < -0.4 is 0 Å². The lowest BCUT2D eigenvalue weighted by Crippen LogP contribution is -2.50. The third-order valence-electron chi connectivity index (χ3n) is 4.60. The number of piperidine rings is 1. The average Bonchev–Trinajstić information content (AvgIpc) is 2.46. The Morgan fingerprint density at radius 3 is 2.10 bits per heavy atom. The van der Waals surface area contributed by atoms with Crippen molar-refractivity contribution in [3.63, 3.8) is 0 Å². The van der Waals surface area contributed by atoms with Crippen molar-refractivity contribution in [3.8, 4) is 0 Å². The number of nitrogens with zero attached hydrogens (tertiary/aromatic N) is 1. The molecule has 1 aliphatic rings. The van der Waals surface area contributed by atoms with E-state index in [9.17, 15) is 4.79 Å². The highest BCUT2D eigenvalue weighted by molar-refractivity contribution is 5.94. The zero-order chi connectivity index (χ0) is 15.7. The molecule has 1 aromatic rings. The van der Waals surface area contributed by atoms with Gasteiger partial charge in [-0.15, -0.1) is 0 Å². The molecule has 1 saturated heterocycles. The molecule has 21 heavy (non-hydrogen) atoms. The molecule has 0 N–H and O–H groups in total. The molecule has 0 amide bonds. The van der Waals surface area contributed by atoms with Crippen molar-refractivity contribution in [1.29, 1.82) is 0 Å². The molecule has 0 aliphatic carbocycles. The monoisotopic (exact) mass is 285 g/mol. The number of allylic oxidation sites excluding steroid dienone is 1. The fourth-order valence-electron chi connectivity index (χ4n) is 3.39. The van der Waals surface area contributed by atoms with Gasteiger partial charge < -0.3 is 4.90 Å².